The van der Waals surface area contributed by atoms with Crippen molar-refractivity contribution in [3.8, 4) is 0 Å². The van der Waals surface area contributed by atoms with E-state index >= 15 is 0 Å². The summed E-state index contributed by atoms with van der Waals surface area (Å²) in [4.78, 5) is 0. The fourth-order valence-electron chi connectivity index (χ4n) is 1.35. The van der Waals surface area contributed by atoms with Crippen LogP contribution in [0.1, 0.15) is 0 Å². The molecule has 256 valence electrons. The zero-order valence-corrected chi connectivity index (χ0v) is 36.9. The van der Waals surface area contributed by atoms with E-state index in [0.29, 0.717) is 0 Å². The van der Waals surface area contributed by atoms with Crippen molar-refractivity contribution >= 4 is 142 Å². The average Bonchev–Trinajstić information content (AvgIpc) is 2.66. The van der Waals surface area contributed by atoms with E-state index in [1.807, 2.05) is 12.1 Å². The molecule has 0 saturated heterocycles. The van der Waals surface area contributed by atoms with Gasteiger partial charge in [-0.1, -0.05) is 0 Å². The van der Waals surface area contributed by atoms with E-state index < -0.39 is 142 Å². The second-order valence-electron chi connectivity index (χ2n) is 5.49. The zero-order chi connectivity index (χ0) is 35.5. The molecule has 0 heterocycles. The fourth-order valence-corrected chi connectivity index (χ4v) is 11.3. The number of hydrogen-bond acceptors (Lipinski definition) is 18. The van der Waals surface area contributed by atoms with E-state index in [0.717, 1.165) is 7.14 Å². The van der Waals surface area contributed by atoms with Crippen molar-refractivity contribution < 1.29 is 73.6 Å². The van der Waals surface area contributed by atoms with Crippen LogP contribution >= 0.6 is 20.2 Å². The molecule has 0 N–H and O–H groups in total. The molecule has 1 atom stereocenters. The first-order valence-electron chi connectivity index (χ1n) is 8.65. The van der Waals surface area contributed by atoms with Gasteiger partial charge in [-0.3, -0.25) is 0 Å². The molecule has 2 aromatic rings. The predicted molar refractivity (Wildman–Crippen MR) is 111 cm³/mol. The van der Waals surface area contributed by atoms with Crippen LogP contribution in [0.3, 0.4) is 0 Å². The second kappa shape index (κ2) is 24.2. The van der Waals surface area contributed by atoms with Crippen LogP contribution < -0.4 is 37.2 Å². The Balaban J connectivity index is -0.000000251. The summed E-state index contributed by atoms with van der Waals surface area (Å²) >= 11 is -40.6. The van der Waals surface area contributed by atoms with Crippen LogP contribution in [0.4, 0.5) is 16.9 Å². The summed E-state index contributed by atoms with van der Waals surface area (Å²) in [5.41, 5.74) is 0. The number of halogens is 7. The topological polar surface area (TPSA) is 365 Å². The molecule has 0 aliphatic rings. The third-order valence-electron chi connectivity index (χ3n) is 2.01. The van der Waals surface area contributed by atoms with Crippen LogP contribution in [0.2, 0.25) is 0 Å². The predicted octanol–water partition coefficient (Wildman–Crippen LogP) is -9.93. The van der Waals surface area contributed by atoms with Crippen molar-refractivity contribution in [3.63, 3.8) is 0 Å². The van der Waals surface area contributed by atoms with Gasteiger partial charge < -0.3 is 0 Å². The summed E-state index contributed by atoms with van der Waals surface area (Å²) < 4.78 is 220. The van der Waals surface area contributed by atoms with Gasteiger partial charge in [0.05, 0.1) is 0 Å². The Bertz CT molecular complexity index is 1110. The monoisotopic (exact) mass is 1410 g/mol. The summed E-state index contributed by atoms with van der Waals surface area (Å²) in [5.74, 6) is 0. The standard InChI is InChI=1S/C12H10IO.6FH.17O.6Sb/c14-13(11-7-3-1-4-8-11)12-9-5-2-6-10-12;;;;;;;;;;;;;;;;;;;;;;;;;;;;;/h1-10H;6*1H;;;;;;;;;;;;;;;;;;;;;;;/q-1;;;;;;;;;;;;;11*-1;5*+1;+2/p-6. The normalized spacial score (nSPS) is 13.1. The Morgan fingerprint density at radius 2 is 0.581 bits per heavy atom. The maximum atomic E-state index is 12.9. The third kappa shape index (κ3) is 80.8. The summed E-state index contributed by atoms with van der Waals surface area (Å²) in [6, 6.07) is 17.9. The van der Waals surface area contributed by atoms with Crippen molar-refractivity contribution in [1.82, 2.24) is 0 Å². The zero-order valence-electron chi connectivity index (χ0n) is 19.5. The molecule has 1 unspecified atom stereocenters. The van der Waals surface area contributed by atoms with Gasteiger partial charge in [0.1, 0.15) is 0 Å². The van der Waals surface area contributed by atoms with Gasteiger partial charge in [0.2, 0.25) is 0 Å². The van der Waals surface area contributed by atoms with E-state index in [1.165, 1.54) is 0 Å². The van der Waals surface area contributed by atoms with Crippen LogP contribution in [0, 0.1) is 7.14 Å². The Morgan fingerprint density at radius 1 is 0.419 bits per heavy atom. The second-order valence-corrected chi connectivity index (χ2v) is 27.2. The van der Waals surface area contributed by atoms with Crippen LogP contribution in [0.5, 0.6) is 0 Å². The molecule has 0 radical (unpaired) electrons. The van der Waals surface area contributed by atoms with Gasteiger partial charge in [-0.05, 0) is 0 Å². The molecule has 0 spiro atoms. The van der Waals surface area contributed by atoms with Gasteiger partial charge >= 0.3 is 283 Å². The number of benzene rings is 2. The van der Waals surface area contributed by atoms with Crippen molar-refractivity contribution in [2.24, 2.45) is 0 Å². The van der Waals surface area contributed by atoms with Crippen molar-refractivity contribution in [1.29, 1.82) is 0 Å². The number of hydrogen-bond donors (Lipinski definition) is 0. The van der Waals surface area contributed by atoms with E-state index in [2.05, 4.69) is 0 Å². The summed E-state index contributed by atoms with van der Waals surface area (Å²) in [6.45, 7) is 0. The average molecular weight is 1410 g/mol. The van der Waals surface area contributed by atoms with Gasteiger partial charge in [-0.25, -0.2) is 0 Å². The molecule has 2 rings (SSSR count). The molecular weight excluding hydrogens is 1400 g/mol. The first-order valence-corrected chi connectivity index (χ1v) is 36.2. The molecule has 0 amide bonds. The van der Waals surface area contributed by atoms with E-state index in [1.54, 1.807) is 48.5 Å². The molecule has 31 heteroatoms. The Labute approximate surface area is 278 Å². The van der Waals surface area contributed by atoms with Crippen LogP contribution in [0.25, 0.3) is 0 Å². The molecule has 18 nitrogen and oxygen atoms in total. The fraction of sp³-hybridized carbons (Fsp3) is 0. The maximum absolute atomic E-state index is 12.9. The Kier molecular flexibility index (Phi) is 29.1. The molecule has 43 heavy (non-hydrogen) atoms. The minimum atomic E-state index is -6.35. The van der Waals surface area contributed by atoms with Crippen molar-refractivity contribution in [2.45, 2.75) is 0 Å². The molecule has 0 saturated carbocycles. The Morgan fingerprint density at radius 3 is 0.721 bits per heavy atom. The van der Waals surface area contributed by atoms with Crippen LogP contribution in [-0.4, -0.2) is 121 Å². The number of rotatable bonds is 4. The minimum absolute atomic E-state index is 0.760. The molecule has 0 fully saturated rings. The molecule has 0 aliphatic carbocycles. The van der Waals surface area contributed by atoms with E-state index in [9.17, 15) is 23.3 Å². The summed E-state index contributed by atoms with van der Waals surface area (Å²) in [5, 5.41) is 0. The quantitative estimate of drug-likeness (QED) is 0.156. The SMILES string of the molecule is [O]=[Sb]([O-])([F])[O]I(c1ccccc1)c1ccccc1.[O]=[Sb]([O-])([O-])[F].[O]=[Sb]([O-])([O-])[F].[O]=[Sb]([O-])([O-])[F].[O]=[Sb]([O-])([O-])[F].[O]=[Sb]([O-])([O-])[F]. The van der Waals surface area contributed by atoms with Gasteiger partial charge in [0.25, 0.3) is 0 Å². The molecule has 0 bridgehead atoms. The van der Waals surface area contributed by atoms with Crippen LogP contribution in [-0.2, 0) is 19.4 Å². The molecule has 2 aromatic carbocycles. The van der Waals surface area contributed by atoms with Gasteiger partial charge in [-0.2, -0.15) is 0 Å². The first-order chi connectivity index (χ1) is 18.6. The van der Waals surface area contributed by atoms with Gasteiger partial charge in [0, 0.05) is 0 Å². The van der Waals surface area contributed by atoms with Crippen LogP contribution in [0.15, 0.2) is 60.7 Å². The first kappa shape index (κ1) is 51.8. The van der Waals surface area contributed by atoms with E-state index in [-0.39, 0.29) is 0 Å². The molecule has 0 aliphatic heterocycles. The summed E-state index contributed by atoms with van der Waals surface area (Å²) in [6.07, 6.45) is 0. The van der Waals surface area contributed by atoms with Gasteiger partial charge in [-0.15, -0.1) is 0 Å². The summed E-state index contributed by atoms with van der Waals surface area (Å²) in [7, 11) is 0. The Hall–Kier alpha value is 1.98. The third-order valence-corrected chi connectivity index (χ3v) is 12.4. The van der Waals surface area contributed by atoms with Gasteiger partial charge in [0.15, 0.2) is 0 Å². The van der Waals surface area contributed by atoms with E-state index in [4.69, 9.17) is 50.3 Å². The molecular formula is C12H10F6IO18Sb6-11. The molecule has 0 aromatic heterocycles. The van der Waals surface area contributed by atoms with Crippen molar-refractivity contribution in [3.05, 3.63) is 67.8 Å². The van der Waals surface area contributed by atoms with Crippen molar-refractivity contribution in [2.75, 3.05) is 0 Å².